The minimum atomic E-state index is 1.01. The highest BCUT2D eigenvalue weighted by Crippen LogP contribution is 2.39. The molecule has 10 heavy (non-hydrogen) atoms. The first kappa shape index (κ1) is 8.10. The highest BCUT2D eigenvalue weighted by molar-refractivity contribution is 4.79. The molecule has 0 aromatic rings. The molecule has 0 amide bonds. The van der Waals surface area contributed by atoms with Crippen molar-refractivity contribution >= 4 is 0 Å². The van der Waals surface area contributed by atoms with Crippen LogP contribution >= 0.6 is 0 Å². The van der Waals surface area contributed by atoms with E-state index in [0.29, 0.717) is 0 Å². The van der Waals surface area contributed by atoms with Crippen LogP contribution in [0.5, 0.6) is 0 Å². The van der Waals surface area contributed by atoms with E-state index in [1.807, 2.05) is 0 Å². The van der Waals surface area contributed by atoms with E-state index < -0.39 is 0 Å². The van der Waals surface area contributed by atoms with Crippen LogP contribution in [-0.4, -0.2) is 0 Å². The normalized spacial score (nSPS) is 40.5. The van der Waals surface area contributed by atoms with Gasteiger partial charge in [0.25, 0.3) is 0 Å². The average Bonchev–Trinajstić information content (AvgIpc) is 2.30. The molecule has 3 atom stereocenters. The van der Waals surface area contributed by atoms with Crippen LogP contribution in [-0.2, 0) is 0 Å². The van der Waals surface area contributed by atoms with E-state index in [-0.39, 0.29) is 0 Å². The fourth-order valence-electron chi connectivity index (χ4n) is 2.38. The van der Waals surface area contributed by atoms with E-state index in [1.54, 1.807) is 0 Å². The van der Waals surface area contributed by atoms with Crippen molar-refractivity contribution in [3.63, 3.8) is 0 Å². The maximum Gasteiger partial charge on any atom is -0.0388 e. The third kappa shape index (κ3) is 1.53. The molecule has 3 unspecified atom stereocenters. The van der Waals surface area contributed by atoms with E-state index in [2.05, 4.69) is 20.8 Å². The molecule has 1 aliphatic carbocycles. The van der Waals surface area contributed by atoms with Crippen molar-refractivity contribution in [3.05, 3.63) is 0 Å². The molecule has 1 rings (SSSR count). The van der Waals surface area contributed by atoms with Crippen molar-refractivity contribution in [2.24, 2.45) is 17.8 Å². The Morgan fingerprint density at radius 3 is 2.10 bits per heavy atom. The van der Waals surface area contributed by atoms with Gasteiger partial charge in [-0.25, -0.2) is 0 Å². The second-order valence-corrected chi connectivity index (χ2v) is 3.89. The number of hydrogen-bond acceptors (Lipinski definition) is 0. The molecular weight excluding hydrogens is 120 g/mol. The topological polar surface area (TPSA) is 0 Å². The van der Waals surface area contributed by atoms with Crippen LogP contribution in [0.4, 0.5) is 0 Å². The van der Waals surface area contributed by atoms with E-state index in [4.69, 9.17) is 0 Å². The number of rotatable bonds is 2. The van der Waals surface area contributed by atoms with Gasteiger partial charge in [0.2, 0.25) is 0 Å². The van der Waals surface area contributed by atoms with Crippen LogP contribution in [0.3, 0.4) is 0 Å². The highest BCUT2D eigenvalue weighted by Gasteiger charge is 2.28. The van der Waals surface area contributed by atoms with Gasteiger partial charge in [-0.1, -0.05) is 33.6 Å². The van der Waals surface area contributed by atoms with Gasteiger partial charge in [-0.05, 0) is 30.6 Å². The second-order valence-electron chi connectivity index (χ2n) is 3.89. The van der Waals surface area contributed by atoms with Crippen LogP contribution < -0.4 is 0 Å². The van der Waals surface area contributed by atoms with Gasteiger partial charge in [0.15, 0.2) is 0 Å². The van der Waals surface area contributed by atoms with Crippen LogP contribution in [0, 0.1) is 17.8 Å². The zero-order valence-corrected chi connectivity index (χ0v) is 7.56. The monoisotopic (exact) mass is 140 g/mol. The molecule has 1 aliphatic rings. The molecule has 0 aromatic heterocycles. The van der Waals surface area contributed by atoms with E-state index in [1.165, 1.54) is 25.7 Å². The molecule has 0 radical (unpaired) electrons. The standard InChI is InChI=1S/C10H20/c1-4-9-6-8(3)10(5-2)7-9/h8-10H,4-7H2,1-3H3. The minimum absolute atomic E-state index is 1.01. The van der Waals surface area contributed by atoms with Crippen LogP contribution in [0.15, 0.2) is 0 Å². The fraction of sp³-hybridized carbons (Fsp3) is 1.00. The molecular formula is C10H20. The Morgan fingerprint density at radius 1 is 1.10 bits per heavy atom. The predicted molar refractivity (Wildman–Crippen MR) is 46.0 cm³/mol. The van der Waals surface area contributed by atoms with E-state index >= 15 is 0 Å². The Balaban J connectivity index is 2.36. The van der Waals surface area contributed by atoms with Crippen LogP contribution in [0.1, 0.15) is 46.5 Å². The molecule has 0 aliphatic heterocycles. The summed E-state index contributed by atoms with van der Waals surface area (Å²) in [6, 6.07) is 0. The summed E-state index contributed by atoms with van der Waals surface area (Å²) in [6.45, 7) is 7.08. The van der Waals surface area contributed by atoms with Gasteiger partial charge >= 0.3 is 0 Å². The van der Waals surface area contributed by atoms with Crippen molar-refractivity contribution in [2.45, 2.75) is 46.5 Å². The summed E-state index contributed by atoms with van der Waals surface area (Å²) in [5, 5.41) is 0. The molecule has 0 aromatic carbocycles. The summed E-state index contributed by atoms with van der Waals surface area (Å²) >= 11 is 0. The lowest BCUT2D eigenvalue weighted by molar-refractivity contribution is 0.406. The third-order valence-electron chi connectivity index (χ3n) is 3.25. The SMILES string of the molecule is CCC1CC(C)C(CC)C1. The first-order valence-electron chi connectivity index (χ1n) is 4.77. The summed E-state index contributed by atoms with van der Waals surface area (Å²) in [4.78, 5) is 0. The van der Waals surface area contributed by atoms with Crippen molar-refractivity contribution in [3.8, 4) is 0 Å². The van der Waals surface area contributed by atoms with Gasteiger partial charge in [0.05, 0.1) is 0 Å². The molecule has 0 saturated heterocycles. The summed E-state index contributed by atoms with van der Waals surface area (Å²) in [6.07, 6.45) is 5.81. The first-order chi connectivity index (χ1) is 4.77. The van der Waals surface area contributed by atoms with Gasteiger partial charge in [0.1, 0.15) is 0 Å². The zero-order chi connectivity index (χ0) is 7.56. The minimum Gasteiger partial charge on any atom is -0.0651 e. The molecule has 1 fully saturated rings. The van der Waals surface area contributed by atoms with Crippen molar-refractivity contribution < 1.29 is 0 Å². The summed E-state index contributed by atoms with van der Waals surface area (Å²) in [5.41, 5.74) is 0. The van der Waals surface area contributed by atoms with Crippen molar-refractivity contribution in [2.75, 3.05) is 0 Å². The summed E-state index contributed by atoms with van der Waals surface area (Å²) in [7, 11) is 0. The molecule has 0 heteroatoms. The third-order valence-corrected chi connectivity index (χ3v) is 3.25. The summed E-state index contributed by atoms with van der Waals surface area (Å²) in [5.74, 6) is 3.11. The van der Waals surface area contributed by atoms with Gasteiger partial charge < -0.3 is 0 Å². The lowest BCUT2D eigenvalue weighted by Gasteiger charge is -2.10. The smallest absolute Gasteiger partial charge is 0.0388 e. The first-order valence-corrected chi connectivity index (χ1v) is 4.77. The molecule has 60 valence electrons. The fourth-order valence-corrected chi connectivity index (χ4v) is 2.38. The highest BCUT2D eigenvalue weighted by atomic mass is 14.3. The average molecular weight is 140 g/mol. The van der Waals surface area contributed by atoms with E-state index in [9.17, 15) is 0 Å². The maximum absolute atomic E-state index is 2.42. The zero-order valence-electron chi connectivity index (χ0n) is 7.56. The van der Waals surface area contributed by atoms with Crippen LogP contribution in [0.25, 0.3) is 0 Å². The molecule has 0 bridgehead atoms. The molecule has 0 spiro atoms. The van der Waals surface area contributed by atoms with Gasteiger partial charge in [-0.2, -0.15) is 0 Å². The van der Waals surface area contributed by atoms with Gasteiger partial charge in [0, 0.05) is 0 Å². The quantitative estimate of drug-likeness (QED) is 0.551. The summed E-state index contributed by atoms with van der Waals surface area (Å²) < 4.78 is 0. The molecule has 0 N–H and O–H groups in total. The van der Waals surface area contributed by atoms with E-state index in [0.717, 1.165) is 17.8 Å². The van der Waals surface area contributed by atoms with Crippen molar-refractivity contribution in [1.82, 2.24) is 0 Å². The molecule has 0 nitrogen and oxygen atoms in total. The molecule has 1 saturated carbocycles. The Morgan fingerprint density at radius 2 is 1.80 bits per heavy atom. The Kier molecular flexibility index (Phi) is 2.76. The van der Waals surface area contributed by atoms with Crippen molar-refractivity contribution in [1.29, 1.82) is 0 Å². The van der Waals surface area contributed by atoms with Gasteiger partial charge in [-0.15, -0.1) is 0 Å². The Bertz CT molecular complexity index is 96.2. The lowest BCUT2D eigenvalue weighted by Crippen LogP contribution is -2.00. The number of hydrogen-bond donors (Lipinski definition) is 0. The Labute approximate surface area is 65.0 Å². The largest absolute Gasteiger partial charge is 0.0651 e. The maximum atomic E-state index is 2.42. The predicted octanol–water partition coefficient (Wildman–Crippen LogP) is 3.47. The Hall–Kier alpha value is 0. The van der Waals surface area contributed by atoms with Gasteiger partial charge in [-0.3, -0.25) is 0 Å². The second kappa shape index (κ2) is 3.41. The van der Waals surface area contributed by atoms with Crippen LogP contribution in [0.2, 0.25) is 0 Å². The lowest BCUT2D eigenvalue weighted by atomic mass is 9.96. The molecule has 0 heterocycles.